The Labute approximate surface area is 37.1 Å². The third kappa shape index (κ3) is 3.47. The van der Waals surface area contributed by atoms with Crippen molar-refractivity contribution < 1.29 is 9.53 Å². The van der Waals surface area contributed by atoms with Gasteiger partial charge in [0.05, 0.1) is 0 Å². The topological polar surface area (TPSA) is 26.3 Å². The van der Waals surface area contributed by atoms with E-state index in [4.69, 9.17) is 0 Å². The predicted octanol–water partition coefficient (Wildman–Crippen LogP) is 0.608. The second kappa shape index (κ2) is 2.69. The smallest absolute Gasteiger partial charge is 0.303 e. The maximum atomic E-state index is 9.76. The molecule has 2 heteroatoms. The molecule has 0 aliphatic carbocycles. The van der Waals surface area contributed by atoms with Gasteiger partial charge in [-0.3, -0.25) is 4.79 Å². The summed E-state index contributed by atoms with van der Waals surface area (Å²) in [4.78, 5) is 9.76. The molecule has 0 atom stereocenters. The molecule has 34 valence electrons. The molecule has 0 aromatic heterocycles. The van der Waals surface area contributed by atoms with Crippen LogP contribution in [0.25, 0.3) is 0 Å². The molecule has 0 heterocycles. The van der Waals surface area contributed by atoms with Crippen molar-refractivity contribution in [2.24, 2.45) is 0 Å². The second-order valence-corrected chi connectivity index (χ2v) is 0.798. The van der Waals surface area contributed by atoms with Crippen LogP contribution >= 0.6 is 0 Å². The average molecular weight is 86.1 g/mol. The van der Waals surface area contributed by atoms with E-state index in [9.17, 15) is 4.79 Å². The van der Waals surface area contributed by atoms with Crippen molar-refractivity contribution in [1.82, 2.24) is 0 Å². The summed E-state index contributed by atoms with van der Waals surface area (Å²) in [5.74, 6) is -0.322. The highest BCUT2D eigenvalue weighted by atomic mass is 16.5. The summed E-state index contributed by atoms with van der Waals surface area (Å²) in [6.07, 6.45) is 0. The van der Waals surface area contributed by atoms with Gasteiger partial charge in [-0.25, -0.2) is 0 Å². The highest BCUT2D eigenvalue weighted by Crippen LogP contribution is 1.76. The molecule has 2 nitrogen and oxygen atoms in total. The first kappa shape index (κ1) is 5.47. The van der Waals surface area contributed by atoms with Gasteiger partial charge in [0, 0.05) is 6.92 Å². The number of hydrogen-bond donors (Lipinski definition) is 0. The van der Waals surface area contributed by atoms with Crippen LogP contribution in [0.2, 0.25) is 0 Å². The minimum atomic E-state index is -0.322. The fraction of sp³-hybridized carbons (Fsp3) is 0.500. The standard InChI is InChI=1S/C4H6O2/c1-3-6-4(2)5/h1-2H3. The third-order valence-electron chi connectivity index (χ3n) is 0.246. The lowest BCUT2D eigenvalue weighted by atomic mass is 10.8. The van der Waals surface area contributed by atoms with Crippen molar-refractivity contribution in [1.29, 1.82) is 0 Å². The lowest BCUT2D eigenvalue weighted by Gasteiger charge is -1.86. The zero-order chi connectivity index (χ0) is 4.99. The SMILES string of the molecule is C[C]OC(C)=O. The minimum absolute atomic E-state index is 0.322. The molecule has 0 spiro atoms. The van der Waals surface area contributed by atoms with Crippen LogP contribution in [0.3, 0.4) is 0 Å². The van der Waals surface area contributed by atoms with Gasteiger partial charge in [0.1, 0.15) is 0 Å². The maximum Gasteiger partial charge on any atom is 0.303 e. The van der Waals surface area contributed by atoms with E-state index in [0.717, 1.165) is 0 Å². The Morgan fingerprint density at radius 3 is 2.33 bits per heavy atom. The van der Waals surface area contributed by atoms with E-state index >= 15 is 0 Å². The van der Waals surface area contributed by atoms with Gasteiger partial charge in [-0.15, -0.1) is 0 Å². The number of esters is 1. The van der Waals surface area contributed by atoms with Crippen LogP contribution in [0.15, 0.2) is 0 Å². The van der Waals surface area contributed by atoms with Crippen molar-refractivity contribution in [3.8, 4) is 0 Å². The fourth-order valence-electron chi connectivity index (χ4n) is 0.144. The van der Waals surface area contributed by atoms with E-state index in [-0.39, 0.29) is 5.97 Å². The first-order chi connectivity index (χ1) is 2.77. The Kier molecular flexibility index (Phi) is 2.46. The molecule has 6 heavy (non-hydrogen) atoms. The zero-order valence-corrected chi connectivity index (χ0v) is 3.82. The molecule has 0 aromatic rings. The number of hydrogen-bond acceptors (Lipinski definition) is 2. The van der Waals surface area contributed by atoms with Gasteiger partial charge in [0.25, 0.3) is 0 Å². The van der Waals surface area contributed by atoms with Crippen molar-refractivity contribution in [3.05, 3.63) is 6.61 Å². The number of carbonyl (C=O) groups is 1. The molecule has 0 saturated heterocycles. The molecule has 0 fully saturated rings. The lowest BCUT2D eigenvalue weighted by molar-refractivity contribution is -0.137. The van der Waals surface area contributed by atoms with Crippen LogP contribution in [-0.2, 0) is 9.53 Å². The Bertz CT molecular complexity index is 49.5. The lowest BCUT2D eigenvalue weighted by Crippen LogP contribution is -1.90. The Morgan fingerprint density at radius 1 is 1.83 bits per heavy atom. The predicted molar refractivity (Wildman–Crippen MR) is 20.7 cm³/mol. The van der Waals surface area contributed by atoms with Gasteiger partial charge >= 0.3 is 5.97 Å². The molecule has 0 unspecified atom stereocenters. The van der Waals surface area contributed by atoms with E-state index in [0.29, 0.717) is 0 Å². The Balaban J connectivity index is 2.83. The van der Waals surface area contributed by atoms with Crippen LogP contribution < -0.4 is 0 Å². The van der Waals surface area contributed by atoms with Crippen LogP contribution in [0.1, 0.15) is 13.8 Å². The van der Waals surface area contributed by atoms with E-state index in [1.165, 1.54) is 13.8 Å². The van der Waals surface area contributed by atoms with Crippen molar-refractivity contribution in [3.63, 3.8) is 0 Å². The van der Waals surface area contributed by atoms with Crippen molar-refractivity contribution in [2.75, 3.05) is 0 Å². The van der Waals surface area contributed by atoms with E-state index in [1.54, 1.807) is 0 Å². The maximum absolute atomic E-state index is 9.76. The first-order valence-electron chi connectivity index (χ1n) is 1.61. The molecular formula is C4H6O2. The quantitative estimate of drug-likeness (QED) is 0.437. The molecule has 0 rings (SSSR count). The van der Waals surface area contributed by atoms with Crippen LogP contribution in [-0.4, -0.2) is 5.97 Å². The van der Waals surface area contributed by atoms with Crippen molar-refractivity contribution >= 4 is 5.97 Å². The molecular weight excluding hydrogens is 80.0 g/mol. The van der Waals surface area contributed by atoms with Gasteiger partial charge in [-0.2, -0.15) is 0 Å². The van der Waals surface area contributed by atoms with Crippen LogP contribution in [0.5, 0.6) is 0 Å². The van der Waals surface area contributed by atoms with Gasteiger partial charge in [-0.1, -0.05) is 0 Å². The molecule has 0 saturated carbocycles. The Morgan fingerprint density at radius 2 is 2.33 bits per heavy atom. The molecule has 0 bridgehead atoms. The molecule has 0 aromatic carbocycles. The third-order valence-corrected chi connectivity index (χ3v) is 0.246. The molecule has 2 radical (unpaired) electrons. The minimum Gasteiger partial charge on any atom is -0.451 e. The molecule has 0 amide bonds. The van der Waals surface area contributed by atoms with Gasteiger partial charge < -0.3 is 4.74 Å². The van der Waals surface area contributed by atoms with E-state index in [2.05, 4.69) is 11.3 Å². The van der Waals surface area contributed by atoms with Gasteiger partial charge in [-0.05, 0) is 6.92 Å². The average Bonchev–Trinajstić information content (AvgIpc) is 1.35. The highest BCUT2D eigenvalue weighted by Gasteiger charge is 1.83. The van der Waals surface area contributed by atoms with Crippen LogP contribution in [0, 0.1) is 6.61 Å². The van der Waals surface area contributed by atoms with Gasteiger partial charge in [0.15, 0.2) is 6.61 Å². The summed E-state index contributed by atoms with van der Waals surface area (Å²) in [7, 11) is 0. The molecule has 0 N–H and O–H groups in total. The fourth-order valence-corrected chi connectivity index (χ4v) is 0.144. The van der Waals surface area contributed by atoms with Crippen molar-refractivity contribution in [2.45, 2.75) is 13.8 Å². The molecule has 0 aliphatic rings. The van der Waals surface area contributed by atoms with E-state index < -0.39 is 0 Å². The number of ether oxygens (including phenoxy) is 1. The summed E-state index contributed by atoms with van der Waals surface area (Å²) in [6.45, 7) is 5.08. The summed E-state index contributed by atoms with van der Waals surface area (Å²) in [5, 5.41) is 0. The normalized spacial score (nSPS) is 7.67. The van der Waals surface area contributed by atoms with Crippen LogP contribution in [0.4, 0.5) is 0 Å². The summed E-state index contributed by atoms with van der Waals surface area (Å²) >= 11 is 0. The zero-order valence-electron chi connectivity index (χ0n) is 3.82. The second-order valence-electron chi connectivity index (χ2n) is 0.798. The summed E-state index contributed by atoms with van der Waals surface area (Å²) in [5.41, 5.74) is 0. The largest absolute Gasteiger partial charge is 0.451 e. The monoisotopic (exact) mass is 86.0 g/mol. The molecule has 0 aliphatic heterocycles. The number of carbonyl (C=O) groups excluding carboxylic acids is 1. The van der Waals surface area contributed by atoms with E-state index in [1.807, 2.05) is 0 Å². The summed E-state index contributed by atoms with van der Waals surface area (Å²) < 4.78 is 4.15. The highest BCUT2D eigenvalue weighted by molar-refractivity contribution is 5.66. The number of rotatable bonds is 1. The summed E-state index contributed by atoms with van der Waals surface area (Å²) in [6, 6.07) is 0. The van der Waals surface area contributed by atoms with Gasteiger partial charge in [0.2, 0.25) is 0 Å². The first-order valence-corrected chi connectivity index (χ1v) is 1.61. The Hall–Kier alpha value is -0.530.